The van der Waals surface area contributed by atoms with Gasteiger partial charge in [0.25, 0.3) is 5.91 Å². The fraction of sp³-hybridized carbons (Fsp3) is 0.400. The van der Waals surface area contributed by atoms with Crippen molar-refractivity contribution in [3.05, 3.63) is 57.5 Å². The molecule has 0 spiro atoms. The number of thiophene rings is 1. The van der Waals surface area contributed by atoms with Gasteiger partial charge in [-0.3, -0.25) is 9.59 Å². The van der Waals surface area contributed by atoms with Gasteiger partial charge >= 0.3 is 0 Å². The molecule has 2 aliphatic rings. The summed E-state index contributed by atoms with van der Waals surface area (Å²) in [6.07, 6.45) is 2.33. The summed E-state index contributed by atoms with van der Waals surface area (Å²) in [6, 6.07) is 7.75. The van der Waals surface area contributed by atoms with Crippen LogP contribution in [0.3, 0.4) is 0 Å². The average molecular weight is 372 g/mol. The van der Waals surface area contributed by atoms with Crippen LogP contribution in [0.4, 0.5) is 4.39 Å². The number of carbonyl (C=O) groups excluding carboxylic acids is 2. The molecule has 1 saturated heterocycles. The summed E-state index contributed by atoms with van der Waals surface area (Å²) in [5, 5.41) is 2.10. The molecule has 0 saturated carbocycles. The van der Waals surface area contributed by atoms with E-state index in [1.807, 2.05) is 4.90 Å². The average Bonchev–Trinajstić information content (AvgIpc) is 3.15. The lowest BCUT2D eigenvalue weighted by molar-refractivity contribution is -0.137. The molecule has 6 heteroatoms. The predicted octanol–water partition coefficient (Wildman–Crippen LogP) is 3.32. The molecule has 0 radical (unpaired) electrons. The van der Waals surface area contributed by atoms with Gasteiger partial charge in [-0.25, -0.2) is 4.39 Å². The van der Waals surface area contributed by atoms with Gasteiger partial charge in [-0.1, -0.05) is 0 Å². The third kappa shape index (κ3) is 3.38. The molecule has 26 heavy (non-hydrogen) atoms. The van der Waals surface area contributed by atoms with E-state index >= 15 is 0 Å². The summed E-state index contributed by atoms with van der Waals surface area (Å²) in [6.45, 7) is 2.65. The van der Waals surface area contributed by atoms with Crippen LogP contribution in [-0.2, 0) is 17.8 Å². The molecule has 2 amide bonds. The minimum atomic E-state index is -0.346. The van der Waals surface area contributed by atoms with Crippen LogP contribution in [-0.4, -0.2) is 41.2 Å². The quantitative estimate of drug-likeness (QED) is 0.811. The van der Waals surface area contributed by atoms with Gasteiger partial charge in [0.15, 0.2) is 0 Å². The van der Waals surface area contributed by atoms with E-state index in [0.29, 0.717) is 38.0 Å². The number of piperidine rings is 1. The summed E-state index contributed by atoms with van der Waals surface area (Å²) in [5.74, 6) is -0.221. The Bertz CT molecular complexity index is 809. The van der Waals surface area contributed by atoms with Crippen molar-refractivity contribution in [3.8, 4) is 0 Å². The predicted molar refractivity (Wildman–Crippen MR) is 98.5 cm³/mol. The highest BCUT2D eigenvalue weighted by Crippen LogP contribution is 2.27. The van der Waals surface area contributed by atoms with Gasteiger partial charge in [0, 0.05) is 42.5 Å². The standard InChI is InChI=1S/C20H21FN2O2S/c21-17-3-1-14(2-4-17)19(24)22-9-5-15(6-10-22)20(25)23-11-7-18-16(13-23)8-12-26-18/h1-4,8,12,15H,5-7,9-11,13H2. The molecule has 0 unspecified atom stereocenters. The molecule has 1 fully saturated rings. The fourth-order valence-electron chi connectivity index (χ4n) is 3.80. The fourth-order valence-corrected chi connectivity index (χ4v) is 4.69. The molecule has 4 nitrogen and oxygen atoms in total. The zero-order chi connectivity index (χ0) is 18.1. The van der Waals surface area contributed by atoms with Crippen molar-refractivity contribution in [1.29, 1.82) is 0 Å². The number of fused-ring (bicyclic) bond motifs is 1. The van der Waals surface area contributed by atoms with Crippen LogP contribution in [0, 0.1) is 11.7 Å². The number of rotatable bonds is 2. The maximum absolute atomic E-state index is 13.0. The first-order chi connectivity index (χ1) is 12.6. The minimum Gasteiger partial charge on any atom is -0.339 e. The number of nitrogens with zero attached hydrogens (tertiary/aromatic N) is 2. The van der Waals surface area contributed by atoms with Gasteiger partial charge in [0.1, 0.15) is 5.82 Å². The Morgan fingerprint density at radius 2 is 1.73 bits per heavy atom. The van der Waals surface area contributed by atoms with Crippen LogP contribution >= 0.6 is 11.3 Å². The number of hydrogen-bond acceptors (Lipinski definition) is 3. The first kappa shape index (κ1) is 17.2. The maximum atomic E-state index is 13.0. The van der Waals surface area contributed by atoms with E-state index in [0.717, 1.165) is 13.0 Å². The maximum Gasteiger partial charge on any atom is 0.253 e. The summed E-state index contributed by atoms with van der Waals surface area (Å²) in [4.78, 5) is 30.5. The molecule has 0 bridgehead atoms. The second-order valence-electron chi connectivity index (χ2n) is 6.95. The SMILES string of the molecule is O=C(c1ccc(F)cc1)N1CCC(C(=O)N2CCc3sccc3C2)CC1. The van der Waals surface area contributed by atoms with Crippen LogP contribution < -0.4 is 0 Å². The van der Waals surface area contributed by atoms with E-state index in [4.69, 9.17) is 0 Å². The molecule has 136 valence electrons. The molecular formula is C20H21FN2O2S. The van der Waals surface area contributed by atoms with E-state index in [9.17, 15) is 14.0 Å². The monoisotopic (exact) mass is 372 g/mol. The smallest absolute Gasteiger partial charge is 0.253 e. The lowest BCUT2D eigenvalue weighted by atomic mass is 9.94. The van der Waals surface area contributed by atoms with Crippen molar-refractivity contribution in [1.82, 2.24) is 9.80 Å². The number of halogens is 1. The number of amides is 2. The Hall–Kier alpha value is -2.21. The Kier molecular flexibility index (Phi) is 4.76. The Morgan fingerprint density at radius 3 is 2.46 bits per heavy atom. The zero-order valence-corrected chi connectivity index (χ0v) is 15.3. The number of carbonyl (C=O) groups is 2. The van der Waals surface area contributed by atoms with Crippen molar-refractivity contribution in [3.63, 3.8) is 0 Å². The van der Waals surface area contributed by atoms with Crippen LogP contribution in [0.25, 0.3) is 0 Å². The van der Waals surface area contributed by atoms with Gasteiger partial charge in [-0.05, 0) is 60.5 Å². The van der Waals surface area contributed by atoms with Gasteiger partial charge < -0.3 is 9.80 Å². The lowest BCUT2D eigenvalue weighted by Gasteiger charge is -2.35. The van der Waals surface area contributed by atoms with E-state index < -0.39 is 0 Å². The highest BCUT2D eigenvalue weighted by Gasteiger charge is 2.32. The molecule has 3 heterocycles. The summed E-state index contributed by atoms with van der Waals surface area (Å²) in [5.41, 5.74) is 1.77. The van der Waals surface area contributed by atoms with Crippen LogP contribution in [0.15, 0.2) is 35.7 Å². The van der Waals surface area contributed by atoms with E-state index in [1.165, 1.54) is 34.7 Å². The molecule has 0 aliphatic carbocycles. The molecule has 4 rings (SSSR count). The molecule has 2 aliphatic heterocycles. The first-order valence-electron chi connectivity index (χ1n) is 9.00. The molecular weight excluding hydrogens is 351 g/mol. The minimum absolute atomic E-state index is 0.00699. The molecule has 1 aromatic carbocycles. The first-order valence-corrected chi connectivity index (χ1v) is 9.88. The normalized spacial score (nSPS) is 17.9. The van der Waals surface area contributed by atoms with Crippen LogP contribution in [0.2, 0.25) is 0 Å². The van der Waals surface area contributed by atoms with Crippen LogP contribution in [0.5, 0.6) is 0 Å². The molecule has 2 aromatic rings. The summed E-state index contributed by atoms with van der Waals surface area (Å²) in [7, 11) is 0. The topological polar surface area (TPSA) is 40.6 Å². The van der Waals surface area contributed by atoms with Gasteiger partial charge in [-0.15, -0.1) is 11.3 Å². The molecule has 0 N–H and O–H groups in total. The lowest BCUT2D eigenvalue weighted by Crippen LogP contribution is -2.45. The zero-order valence-electron chi connectivity index (χ0n) is 14.5. The van der Waals surface area contributed by atoms with Crippen LogP contribution in [0.1, 0.15) is 33.6 Å². The summed E-state index contributed by atoms with van der Waals surface area (Å²) < 4.78 is 13.0. The highest BCUT2D eigenvalue weighted by molar-refractivity contribution is 7.10. The van der Waals surface area contributed by atoms with Gasteiger partial charge in [-0.2, -0.15) is 0 Å². The third-order valence-corrected chi connectivity index (χ3v) is 6.36. The number of hydrogen-bond donors (Lipinski definition) is 0. The number of likely N-dealkylation sites (tertiary alicyclic amines) is 1. The Balaban J connectivity index is 1.34. The second kappa shape index (κ2) is 7.19. The molecule has 0 atom stereocenters. The van der Waals surface area contributed by atoms with Gasteiger partial charge in [0.2, 0.25) is 5.91 Å². The Morgan fingerprint density at radius 1 is 1.00 bits per heavy atom. The largest absolute Gasteiger partial charge is 0.339 e. The van der Waals surface area contributed by atoms with Crippen molar-refractivity contribution in [2.45, 2.75) is 25.8 Å². The van der Waals surface area contributed by atoms with Crippen molar-refractivity contribution < 1.29 is 14.0 Å². The second-order valence-corrected chi connectivity index (χ2v) is 7.95. The van der Waals surface area contributed by atoms with Gasteiger partial charge in [0.05, 0.1) is 0 Å². The van der Waals surface area contributed by atoms with Crippen molar-refractivity contribution in [2.24, 2.45) is 5.92 Å². The third-order valence-electron chi connectivity index (χ3n) is 5.34. The van der Waals surface area contributed by atoms with E-state index in [-0.39, 0.29) is 23.5 Å². The number of benzene rings is 1. The summed E-state index contributed by atoms with van der Waals surface area (Å²) >= 11 is 1.77. The highest BCUT2D eigenvalue weighted by atomic mass is 32.1. The van der Waals surface area contributed by atoms with E-state index in [2.05, 4.69) is 11.4 Å². The van der Waals surface area contributed by atoms with Crippen molar-refractivity contribution in [2.75, 3.05) is 19.6 Å². The Labute approximate surface area is 156 Å². The van der Waals surface area contributed by atoms with Crippen molar-refractivity contribution >= 4 is 23.2 Å². The van der Waals surface area contributed by atoms with E-state index in [1.54, 1.807) is 16.2 Å². The molecule has 1 aromatic heterocycles.